The van der Waals surface area contributed by atoms with Crippen molar-refractivity contribution in [3.63, 3.8) is 0 Å². The van der Waals surface area contributed by atoms with Crippen LogP contribution in [0.15, 0.2) is 231 Å². The van der Waals surface area contributed by atoms with E-state index in [0.29, 0.717) is 17.9 Å². The molecule has 0 saturated heterocycles. The van der Waals surface area contributed by atoms with Gasteiger partial charge in [0.05, 0.1) is 68.1 Å². The maximum absolute atomic E-state index is 9.76. The first-order chi connectivity index (χ1) is 60.1. The number of aryl methyl sites for hydroxylation is 15. The quantitative estimate of drug-likeness (QED) is 0.0975. The molecule has 0 bridgehead atoms. The van der Waals surface area contributed by atoms with E-state index in [1.54, 1.807) is 12.3 Å². The molecule has 3 radical (unpaired) electrons. The average molecular weight is 2230 g/mol. The van der Waals surface area contributed by atoms with E-state index in [1.807, 2.05) is 48.5 Å². The Morgan fingerprint density at radius 3 is 0.876 bits per heavy atom. The summed E-state index contributed by atoms with van der Waals surface area (Å²) in [6, 6.07) is 88.4. The van der Waals surface area contributed by atoms with Crippen LogP contribution in [0.25, 0.3) is 166 Å². The fourth-order valence-corrected chi connectivity index (χ4v) is 16.5. The van der Waals surface area contributed by atoms with Crippen LogP contribution < -0.4 is 4.98 Å². The molecule has 129 heavy (non-hydrogen) atoms. The van der Waals surface area contributed by atoms with Gasteiger partial charge >= 0.3 is 0 Å². The van der Waals surface area contributed by atoms with Gasteiger partial charge in [0, 0.05) is 95.8 Å². The number of nitrogens with zero attached hydrogens (tertiary/aromatic N) is 11. The minimum Gasteiger partial charge on any atom is -0.392 e. The van der Waals surface area contributed by atoms with Crippen LogP contribution >= 0.6 is 0 Å². The van der Waals surface area contributed by atoms with Crippen LogP contribution in [-0.2, 0) is 66.7 Å². The van der Waals surface area contributed by atoms with Crippen molar-refractivity contribution in [1.82, 2.24) is 55.1 Å². The Kier molecular flexibility index (Phi) is 30.4. The SMILES string of the molecule is CC(C)(C)C(O)CC(O)C(C)(C)C.CCc1nnc(-c2ccncn2)[n-]1.Cc1[c-]c(-c2nc3cc4cc5cc(C)c(C)cc5cc4cc3nc2-c2cc(C)cc(C)c2)cc(C)c1.Cc1[c-]c(-c2nc3cc4cc5ccccc5cc4cc3nc2-c2cc(C)cc(C)c2)cc(C)c1.Cc1[c-]c(-c2nc3cc4ccccc4cc3nc2-c2cc(C)cc(C)c2)cc(C)c1.[Ir].[Ir].[Ir]. The number of hydrogen-bond donors (Lipinski definition) is 2. The van der Waals surface area contributed by atoms with Gasteiger partial charge in [-0.3, -0.25) is 29.9 Å². The van der Waals surface area contributed by atoms with Crippen LogP contribution in [0.3, 0.4) is 0 Å². The van der Waals surface area contributed by atoms with Crippen LogP contribution in [-0.4, -0.2) is 72.5 Å². The topological polar surface area (TPSA) is 183 Å². The van der Waals surface area contributed by atoms with E-state index in [2.05, 4.69) is 353 Å². The molecule has 19 aromatic rings. The number of aromatic nitrogens is 11. The van der Waals surface area contributed by atoms with Gasteiger partial charge in [0.15, 0.2) is 0 Å². The van der Waals surface area contributed by atoms with Gasteiger partial charge in [0.1, 0.15) is 6.33 Å². The largest absolute Gasteiger partial charge is 0.392 e. The number of aliphatic hydroxyl groups excluding tert-OH is 2. The second-order valence-corrected chi connectivity index (χ2v) is 36.6. The van der Waals surface area contributed by atoms with E-state index < -0.39 is 12.2 Å². The first-order valence-electron chi connectivity index (χ1n) is 43.4. The third-order valence-corrected chi connectivity index (χ3v) is 23.0. The zero-order valence-corrected chi connectivity index (χ0v) is 84.5. The van der Waals surface area contributed by atoms with Gasteiger partial charge in [0.25, 0.3) is 0 Å². The van der Waals surface area contributed by atoms with E-state index in [0.717, 1.165) is 130 Å². The Bertz CT molecular complexity index is 6870. The van der Waals surface area contributed by atoms with E-state index in [9.17, 15) is 10.2 Å². The number of rotatable bonds is 10. The summed E-state index contributed by atoms with van der Waals surface area (Å²) >= 11 is 0. The number of benzene rings is 14. The molecule has 0 fully saturated rings. The Morgan fingerprint density at radius 1 is 0.318 bits per heavy atom. The fourth-order valence-electron chi connectivity index (χ4n) is 16.5. The van der Waals surface area contributed by atoms with E-state index in [1.165, 1.54) is 121 Å². The normalized spacial score (nSPS) is 11.8. The van der Waals surface area contributed by atoms with Gasteiger partial charge in [-0.25, -0.2) is 9.97 Å². The first kappa shape index (κ1) is 96.6. The minimum absolute atomic E-state index is 0. The number of aliphatic hydroxyl groups is 2. The third-order valence-electron chi connectivity index (χ3n) is 23.0. The van der Waals surface area contributed by atoms with Crippen LogP contribution in [0.5, 0.6) is 0 Å². The minimum atomic E-state index is -0.443. The maximum atomic E-state index is 9.76. The van der Waals surface area contributed by atoms with Crippen LogP contribution in [0, 0.1) is 126 Å². The molecule has 659 valence electrons. The van der Waals surface area contributed by atoms with Gasteiger partial charge in [-0.05, 0) is 227 Å². The summed E-state index contributed by atoms with van der Waals surface area (Å²) in [6.45, 7) is 43.6. The molecule has 16 heteroatoms. The van der Waals surface area contributed by atoms with E-state index >= 15 is 0 Å². The zero-order chi connectivity index (χ0) is 89.3. The third kappa shape index (κ3) is 23.0. The summed E-state index contributed by atoms with van der Waals surface area (Å²) in [5, 5.41) is 39.4. The predicted octanol–water partition coefficient (Wildman–Crippen LogP) is 27.0. The summed E-state index contributed by atoms with van der Waals surface area (Å²) in [6.07, 6.45) is 3.48. The fraction of sp³-hybridized carbons (Fsp3) is 0.239. The van der Waals surface area contributed by atoms with Crippen LogP contribution in [0.2, 0.25) is 0 Å². The summed E-state index contributed by atoms with van der Waals surface area (Å²) in [7, 11) is 0. The molecule has 0 aliphatic rings. The van der Waals surface area contributed by atoms with E-state index in [4.69, 9.17) is 29.9 Å². The molecule has 5 heterocycles. The monoisotopic (exact) mass is 2230 g/mol. The van der Waals surface area contributed by atoms with Crippen molar-refractivity contribution < 1.29 is 70.5 Å². The van der Waals surface area contributed by atoms with Gasteiger partial charge < -0.3 is 25.4 Å². The van der Waals surface area contributed by atoms with Gasteiger partial charge in [0.2, 0.25) is 0 Å². The number of hydrogen-bond acceptors (Lipinski definition) is 12. The Morgan fingerprint density at radius 2 is 0.597 bits per heavy atom. The van der Waals surface area contributed by atoms with Crippen molar-refractivity contribution in [2.24, 2.45) is 10.8 Å². The van der Waals surface area contributed by atoms with Crippen LogP contribution in [0.4, 0.5) is 0 Å². The Balaban J connectivity index is 0.000000153. The Hall–Kier alpha value is -11.5. The van der Waals surface area contributed by atoms with Gasteiger partial charge in [-0.1, -0.05) is 239 Å². The van der Waals surface area contributed by atoms with E-state index in [-0.39, 0.29) is 71.1 Å². The molecule has 5 aromatic heterocycles. The van der Waals surface area contributed by atoms with Crippen molar-refractivity contribution in [3.8, 4) is 79.1 Å². The molecule has 19 rings (SSSR count). The standard InChI is InChI=1S/C34H29N2.C32H25N2.C28H23N2.C11H24O2.C8H8N5.3Ir/c1-19-7-20(2)10-29(9-19)33-34(30-11-21(3)8-22(4)12-30)36-32-18-28-16-26-14-24(6)23(5)13-25(26)15-27(28)17-31(32)35-33;1-19-9-20(2)12-27(11-19)31-32(28-13-21(3)10-22(4)14-28)34-30-18-26-16-24-8-6-5-7-23(24)15-25(26)17-29(30)33-31;1-17-9-18(2)12-23(11-17)27-28(24-13-19(3)10-20(4)14-24)30-26-16-22-8-6-5-7-21(22)15-25(26)29-27;1-10(2,3)8(12)7-9(13)11(4,5)6;1-2-7-11-8(13-12-7)6-3-4-9-5-10-6;;;/h7-11,13-18H,1-6H3;5-13,15-18H,1-4H3;5-13,15-16H,1-4H3;8-9,12-13H,7H2,1-6H3;3-5H,2H2,1H3;;;/q3*-1;;-1;;;. The molecule has 2 unspecified atom stereocenters. The van der Waals surface area contributed by atoms with Crippen molar-refractivity contribution in [3.05, 3.63) is 333 Å². The Labute approximate surface area is 799 Å². The van der Waals surface area contributed by atoms with Crippen LogP contribution in [0.1, 0.15) is 139 Å². The average Bonchev–Trinajstić information content (AvgIpc) is 1.22. The van der Waals surface area contributed by atoms with Crippen molar-refractivity contribution >= 4 is 87.0 Å². The van der Waals surface area contributed by atoms with Gasteiger partial charge in [-0.15, -0.1) is 105 Å². The second-order valence-electron chi connectivity index (χ2n) is 36.6. The molecule has 2 atom stereocenters. The molecular weight excluding hydrogens is 2120 g/mol. The van der Waals surface area contributed by atoms with Crippen molar-refractivity contribution in [2.45, 2.75) is 170 Å². The molecule has 0 aliphatic heterocycles. The molecule has 2 N–H and O–H groups in total. The molecule has 0 saturated carbocycles. The first-order valence-corrected chi connectivity index (χ1v) is 43.4. The zero-order valence-electron chi connectivity index (χ0n) is 77.3. The molecule has 0 aliphatic carbocycles. The molecular formula is C113H109Ir3N11O2-4. The molecule has 14 aromatic carbocycles. The smallest absolute Gasteiger partial charge is 0.116 e. The molecule has 0 spiro atoms. The summed E-state index contributed by atoms with van der Waals surface area (Å²) < 4.78 is 0. The second kappa shape index (κ2) is 40.7. The summed E-state index contributed by atoms with van der Waals surface area (Å²) in [5.74, 6) is 1.31. The summed E-state index contributed by atoms with van der Waals surface area (Å²) in [4.78, 5) is 43.2. The summed E-state index contributed by atoms with van der Waals surface area (Å²) in [5.41, 5.74) is 34.3. The predicted molar refractivity (Wildman–Crippen MR) is 523 cm³/mol. The van der Waals surface area contributed by atoms with Crippen molar-refractivity contribution in [1.29, 1.82) is 0 Å². The molecule has 0 amide bonds. The number of fused-ring (bicyclic) bond motifs is 8. The molecule has 13 nitrogen and oxygen atoms in total. The van der Waals surface area contributed by atoms with Gasteiger partial charge in [-0.2, -0.15) is 0 Å². The maximum Gasteiger partial charge on any atom is 0.116 e. The van der Waals surface area contributed by atoms with Crippen molar-refractivity contribution in [2.75, 3.05) is 0 Å².